The van der Waals surface area contributed by atoms with Crippen LogP contribution in [0.1, 0.15) is 20.1 Å². The van der Waals surface area contributed by atoms with Gasteiger partial charge < -0.3 is 24.6 Å². The highest BCUT2D eigenvalue weighted by atomic mass is 32.1. The number of ether oxygens (including phenoxy) is 1. The third-order valence-electron chi connectivity index (χ3n) is 4.96. The zero-order valence-corrected chi connectivity index (χ0v) is 19.4. The van der Waals surface area contributed by atoms with Crippen molar-refractivity contribution in [1.29, 1.82) is 0 Å². The van der Waals surface area contributed by atoms with E-state index in [9.17, 15) is 29.5 Å². The summed E-state index contributed by atoms with van der Waals surface area (Å²) in [6.07, 6.45) is -2.62. The van der Waals surface area contributed by atoms with Crippen LogP contribution in [0.4, 0.5) is 0 Å². The van der Waals surface area contributed by atoms with Crippen LogP contribution in [0.3, 0.4) is 0 Å². The molecule has 0 spiro atoms. The fraction of sp³-hybridized carbons (Fsp3) is 0.421. The van der Waals surface area contributed by atoms with E-state index < -0.39 is 56.0 Å². The van der Waals surface area contributed by atoms with E-state index in [4.69, 9.17) is 26.0 Å². The van der Waals surface area contributed by atoms with Gasteiger partial charge in [0.1, 0.15) is 29.6 Å². The first-order valence-corrected chi connectivity index (χ1v) is 11.8. The van der Waals surface area contributed by atoms with Crippen LogP contribution in [0.5, 0.6) is 5.75 Å². The lowest BCUT2D eigenvalue weighted by molar-refractivity contribution is -0.138. The highest BCUT2D eigenvalue weighted by Gasteiger charge is 2.53. The number of aromatic amines is 1. The highest BCUT2D eigenvalue weighted by Crippen LogP contribution is 2.46. The van der Waals surface area contributed by atoms with Crippen molar-refractivity contribution in [1.82, 2.24) is 14.6 Å². The van der Waals surface area contributed by atoms with Crippen LogP contribution in [0.25, 0.3) is 0 Å². The van der Waals surface area contributed by atoms with Crippen LogP contribution >= 0.6 is 20.0 Å². The molecule has 0 radical (unpaired) electrons. The number of benzene rings is 1. The number of nitrogens with zero attached hydrogens (tertiary/aromatic N) is 1. The average molecular weight is 501 g/mol. The molecule has 1 fully saturated rings. The number of hydrogen-bond acceptors (Lipinski definition) is 9. The second kappa shape index (κ2) is 9.85. The van der Waals surface area contributed by atoms with Crippen molar-refractivity contribution >= 4 is 25.9 Å². The summed E-state index contributed by atoms with van der Waals surface area (Å²) < 4.78 is 31.0. The summed E-state index contributed by atoms with van der Waals surface area (Å²) in [7, 11) is -4.26. The average Bonchev–Trinajstić information content (AvgIpc) is 2.96. The van der Waals surface area contributed by atoms with E-state index in [1.54, 1.807) is 18.2 Å². The van der Waals surface area contributed by atoms with E-state index in [-0.39, 0.29) is 10.5 Å². The standard InChI is InChI=1S/C19H24N3O9PS/c1-11(16(25)26)21-32(28,31-12-6-4-3-5-7-12)29-10-13-15(24)19(2,27)17(30-13)22-9-8-14(23)20-18(22)33/h3-9,11,13,15,17,24,27H,10H2,1-2H3,(H,21,28)(H,25,26)(H,20,23,33)/t11-,13+,15+,17+,19+,32?/m0/s1. The van der Waals surface area contributed by atoms with Gasteiger partial charge in [0.15, 0.2) is 11.0 Å². The molecule has 1 aromatic carbocycles. The Balaban J connectivity index is 1.80. The quantitative estimate of drug-likeness (QED) is 0.247. The Bertz CT molecular complexity index is 1150. The van der Waals surface area contributed by atoms with E-state index >= 15 is 0 Å². The van der Waals surface area contributed by atoms with E-state index in [1.165, 1.54) is 42.8 Å². The summed E-state index contributed by atoms with van der Waals surface area (Å²) in [6, 6.07) is 7.85. The molecule has 0 saturated carbocycles. The number of H-pyrrole nitrogens is 1. The number of aliphatic hydroxyl groups excluding tert-OH is 1. The molecule has 33 heavy (non-hydrogen) atoms. The number of carboxylic acid groups (broad SMARTS) is 1. The van der Waals surface area contributed by atoms with E-state index in [0.717, 1.165) is 0 Å². The normalized spacial score (nSPS) is 27.6. The van der Waals surface area contributed by atoms with Gasteiger partial charge in [-0.25, -0.2) is 4.57 Å². The van der Waals surface area contributed by atoms with Crippen molar-refractivity contribution in [3.05, 3.63) is 57.7 Å². The Morgan fingerprint density at radius 1 is 1.39 bits per heavy atom. The van der Waals surface area contributed by atoms with Gasteiger partial charge in [-0.2, -0.15) is 5.09 Å². The van der Waals surface area contributed by atoms with Gasteiger partial charge in [0.2, 0.25) is 0 Å². The fourth-order valence-electron chi connectivity index (χ4n) is 3.16. The summed E-state index contributed by atoms with van der Waals surface area (Å²) in [5.41, 5.74) is -2.32. The molecule has 180 valence electrons. The molecule has 2 aromatic rings. The number of hydrogen-bond donors (Lipinski definition) is 5. The molecule has 6 atom stereocenters. The Labute approximate surface area is 193 Å². The molecule has 1 aliphatic rings. The van der Waals surface area contributed by atoms with Crippen LogP contribution < -0.4 is 15.2 Å². The van der Waals surface area contributed by atoms with Crippen LogP contribution in [0, 0.1) is 4.77 Å². The Morgan fingerprint density at radius 3 is 2.67 bits per heavy atom. The zero-order valence-electron chi connectivity index (χ0n) is 17.7. The van der Waals surface area contributed by atoms with Crippen molar-refractivity contribution in [2.45, 2.75) is 43.9 Å². The summed E-state index contributed by atoms with van der Waals surface area (Å²) >= 11 is 5.10. The van der Waals surface area contributed by atoms with Gasteiger partial charge in [-0.15, -0.1) is 0 Å². The second-order valence-corrected chi connectivity index (χ2v) is 9.68. The zero-order chi connectivity index (χ0) is 24.4. The summed E-state index contributed by atoms with van der Waals surface area (Å²) in [4.78, 5) is 25.1. The Morgan fingerprint density at radius 2 is 2.06 bits per heavy atom. The number of para-hydroxylation sites is 1. The maximum absolute atomic E-state index is 13.3. The molecule has 1 aromatic heterocycles. The van der Waals surface area contributed by atoms with Gasteiger partial charge in [0.05, 0.1) is 6.61 Å². The predicted octanol–water partition coefficient (Wildman–Crippen LogP) is 1.18. The molecule has 12 nitrogen and oxygen atoms in total. The maximum Gasteiger partial charge on any atom is 0.459 e. The summed E-state index contributed by atoms with van der Waals surface area (Å²) in [6.45, 7) is 2.03. The number of aliphatic carboxylic acids is 1. The van der Waals surface area contributed by atoms with Crippen molar-refractivity contribution in [3.8, 4) is 5.75 Å². The Kier molecular flexibility index (Phi) is 7.54. The number of aliphatic hydroxyl groups is 2. The number of rotatable bonds is 9. The first-order chi connectivity index (χ1) is 15.4. The van der Waals surface area contributed by atoms with Gasteiger partial charge in [-0.05, 0) is 38.2 Å². The molecule has 1 aliphatic heterocycles. The molecule has 3 rings (SSSR count). The number of carboxylic acids is 1. The summed E-state index contributed by atoms with van der Waals surface area (Å²) in [5.74, 6) is -1.13. The lowest BCUT2D eigenvalue weighted by Gasteiger charge is -2.28. The summed E-state index contributed by atoms with van der Waals surface area (Å²) in [5, 5.41) is 33.0. The van der Waals surface area contributed by atoms with Crippen molar-refractivity contribution in [2.24, 2.45) is 0 Å². The largest absolute Gasteiger partial charge is 0.480 e. The third kappa shape index (κ3) is 5.76. The minimum Gasteiger partial charge on any atom is -0.480 e. The molecule has 1 saturated heterocycles. The Hall–Kier alpha value is -2.38. The predicted molar refractivity (Wildman–Crippen MR) is 117 cm³/mol. The minimum atomic E-state index is -4.26. The van der Waals surface area contributed by atoms with Gasteiger partial charge in [-0.3, -0.25) is 23.7 Å². The van der Waals surface area contributed by atoms with Gasteiger partial charge in [0.25, 0.3) is 5.56 Å². The van der Waals surface area contributed by atoms with E-state index in [2.05, 4.69) is 10.1 Å². The van der Waals surface area contributed by atoms with Crippen molar-refractivity contribution < 1.29 is 38.5 Å². The number of carbonyl (C=O) groups is 1. The minimum absolute atomic E-state index is 0.0448. The van der Waals surface area contributed by atoms with Crippen LogP contribution in [-0.2, 0) is 18.6 Å². The first-order valence-electron chi connectivity index (χ1n) is 9.80. The lowest BCUT2D eigenvalue weighted by atomic mass is 9.96. The van der Waals surface area contributed by atoms with E-state index in [0.29, 0.717) is 0 Å². The number of nitrogens with one attached hydrogen (secondary N) is 2. The smallest absolute Gasteiger partial charge is 0.459 e. The van der Waals surface area contributed by atoms with Crippen molar-refractivity contribution in [3.63, 3.8) is 0 Å². The molecule has 1 unspecified atom stereocenters. The molecule has 0 bridgehead atoms. The monoisotopic (exact) mass is 501 g/mol. The maximum atomic E-state index is 13.3. The van der Waals surface area contributed by atoms with Gasteiger partial charge >= 0.3 is 13.7 Å². The topological polar surface area (TPSA) is 172 Å². The fourth-order valence-corrected chi connectivity index (χ4v) is 4.93. The van der Waals surface area contributed by atoms with Crippen molar-refractivity contribution in [2.75, 3.05) is 6.61 Å². The van der Waals surface area contributed by atoms with Crippen LogP contribution in [-0.4, -0.2) is 61.3 Å². The van der Waals surface area contributed by atoms with Crippen LogP contribution in [0.15, 0.2) is 47.4 Å². The molecule has 14 heteroatoms. The van der Waals surface area contributed by atoms with Gasteiger partial charge in [-0.1, -0.05) is 18.2 Å². The van der Waals surface area contributed by atoms with Gasteiger partial charge in [0, 0.05) is 12.3 Å². The lowest BCUT2D eigenvalue weighted by Crippen LogP contribution is -2.45. The van der Waals surface area contributed by atoms with Crippen LogP contribution in [0.2, 0.25) is 0 Å². The SMILES string of the molecule is C[C@H](NP(=O)(OC[C@H]1O[C@@H](n2ccc(=O)[nH]c2=S)[C@](C)(O)[C@@H]1O)Oc1ccccc1)C(=O)O. The third-order valence-corrected chi connectivity index (χ3v) is 6.91. The molecule has 5 N–H and O–H groups in total. The molecule has 0 aliphatic carbocycles. The molecular formula is C19H24N3O9PS. The molecule has 2 heterocycles. The first kappa shape index (κ1) is 25.2. The second-order valence-electron chi connectivity index (χ2n) is 7.60. The highest BCUT2D eigenvalue weighted by molar-refractivity contribution is 7.71. The number of aromatic nitrogens is 2. The molecule has 0 amide bonds. The van der Waals surface area contributed by atoms with E-state index in [1.807, 2.05) is 0 Å². The molecular weight excluding hydrogens is 477 g/mol.